The third-order valence-electron chi connectivity index (χ3n) is 2.58. The predicted molar refractivity (Wildman–Crippen MR) is 76.2 cm³/mol. The first-order valence-corrected chi connectivity index (χ1v) is 7.19. The molecule has 4 nitrogen and oxygen atoms in total. The van der Waals surface area contributed by atoms with Gasteiger partial charge in [-0.05, 0) is 12.5 Å². The van der Waals surface area contributed by atoms with E-state index in [9.17, 15) is 4.79 Å². The Labute approximate surface area is 117 Å². The van der Waals surface area contributed by atoms with Crippen LogP contribution in [0.15, 0.2) is 11.4 Å². The lowest BCUT2D eigenvalue weighted by Gasteiger charge is -2.20. The second-order valence-corrected chi connectivity index (χ2v) is 4.94. The highest BCUT2D eigenvalue weighted by Gasteiger charge is 2.16. The van der Waals surface area contributed by atoms with Gasteiger partial charge in [-0.3, -0.25) is 4.79 Å². The van der Waals surface area contributed by atoms with Gasteiger partial charge in [-0.1, -0.05) is 25.2 Å². The molecule has 104 valence electrons. The first kappa shape index (κ1) is 15.7. The molecule has 0 aliphatic carbocycles. The van der Waals surface area contributed by atoms with Crippen LogP contribution in [-0.2, 0) is 0 Å². The van der Waals surface area contributed by atoms with E-state index < -0.39 is 0 Å². The van der Waals surface area contributed by atoms with E-state index in [1.165, 1.54) is 11.3 Å². The van der Waals surface area contributed by atoms with Gasteiger partial charge in [0.25, 0.3) is 5.91 Å². The van der Waals surface area contributed by atoms with E-state index in [1.807, 2.05) is 0 Å². The monoisotopic (exact) mass is 281 g/mol. The minimum atomic E-state index is -0.186. The average molecular weight is 281 g/mol. The van der Waals surface area contributed by atoms with Gasteiger partial charge in [-0.15, -0.1) is 11.3 Å². The number of unbranched alkanes of at least 4 members (excludes halogenated alkanes) is 1. The fourth-order valence-corrected chi connectivity index (χ4v) is 2.36. The van der Waals surface area contributed by atoms with Gasteiger partial charge in [0.1, 0.15) is 6.61 Å². The molecule has 0 aromatic carbocycles. The highest BCUT2D eigenvalue weighted by Crippen LogP contribution is 2.16. The van der Waals surface area contributed by atoms with Crippen molar-refractivity contribution >= 4 is 17.2 Å². The molecular weight excluding hydrogens is 262 g/mol. The number of nitrogens with zero attached hydrogens (tertiary/aromatic N) is 1. The van der Waals surface area contributed by atoms with Crippen LogP contribution in [0.1, 0.15) is 35.0 Å². The Kier molecular flexibility index (Phi) is 7.19. The van der Waals surface area contributed by atoms with Crippen LogP contribution in [0.2, 0.25) is 0 Å². The molecule has 0 fully saturated rings. The number of aliphatic hydroxyl groups is 2. The Morgan fingerprint density at radius 1 is 1.42 bits per heavy atom. The summed E-state index contributed by atoms with van der Waals surface area (Å²) in [4.78, 5) is 14.7. The molecular formula is C14H19NO3S. The molecule has 0 aliphatic rings. The third-order valence-corrected chi connectivity index (χ3v) is 3.42. The number of rotatable bonds is 6. The molecule has 19 heavy (non-hydrogen) atoms. The number of hydrogen-bond donors (Lipinski definition) is 2. The summed E-state index contributed by atoms with van der Waals surface area (Å²) in [6, 6.07) is 1.73. The summed E-state index contributed by atoms with van der Waals surface area (Å²) in [6.45, 7) is 2.86. The molecule has 0 saturated heterocycles. The van der Waals surface area contributed by atoms with Gasteiger partial charge < -0.3 is 15.1 Å². The number of aliphatic hydroxyl groups excluding tert-OH is 2. The van der Waals surface area contributed by atoms with Crippen LogP contribution in [0.5, 0.6) is 0 Å². The molecule has 0 bridgehead atoms. The van der Waals surface area contributed by atoms with Crippen molar-refractivity contribution < 1.29 is 15.0 Å². The zero-order chi connectivity index (χ0) is 14.1. The molecule has 1 aromatic heterocycles. The largest absolute Gasteiger partial charge is 0.395 e. The SMILES string of the molecule is CCCCN(CCO)C(=O)c1csc(C#CCO)c1. The first-order valence-electron chi connectivity index (χ1n) is 6.31. The van der Waals surface area contributed by atoms with Gasteiger partial charge in [0.15, 0.2) is 0 Å². The number of carbonyl (C=O) groups excluding carboxylic acids is 1. The standard InChI is InChI=1S/C14H19NO3S/c1-2-3-6-15(7-9-17)14(18)12-10-13(19-11-12)5-4-8-16/h10-11,16-17H,2-3,6-9H2,1H3. The zero-order valence-corrected chi connectivity index (χ0v) is 11.9. The van der Waals surface area contributed by atoms with Crippen molar-refractivity contribution in [2.24, 2.45) is 0 Å². The quantitative estimate of drug-likeness (QED) is 0.773. The number of hydrogen-bond acceptors (Lipinski definition) is 4. The fourth-order valence-electron chi connectivity index (χ4n) is 1.61. The third kappa shape index (κ3) is 5.03. The highest BCUT2D eigenvalue weighted by atomic mass is 32.1. The van der Waals surface area contributed by atoms with Crippen molar-refractivity contribution in [3.05, 3.63) is 21.9 Å². The Morgan fingerprint density at radius 3 is 2.84 bits per heavy atom. The summed E-state index contributed by atoms with van der Waals surface area (Å²) >= 11 is 1.38. The topological polar surface area (TPSA) is 60.8 Å². The van der Waals surface area contributed by atoms with Crippen molar-refractivity contribution in [3.8, 4) is 11.8 Å². The van der Waals surface area contributed by atoms with Crippen molar-refractivity contribution in [1.82, 2.24) is 4.90 Å². The highest BCUT2D eigenvalue weighted by molar-refractivity contribution is 7.10. The summed E-state index contributed by atoms with van der Waals surface area (Å²) in [5.41, 5.74) is 0.594. The molecule has 0 radical (unpaired) electrons. The molecule has 0 spiro atoms. The van der Waals surface area contributed by atoms with Gasteiger partial charge >= 0.3 is 0 Å². The van der Waals surface area contributed by atoms with Crippen molar-refractivity contribution in [3.63, 3.8) is 0 Å². The summed E-state index contributed by atoms with van der Waals surface area (Å²) in [6.07, 6.45) is 1.93. The van der Waals surface area contributed by atoms with Gasteiger partial charge in [0.2, 0.25) is 0 Å². The molecule has 1 aromatic rings. The maximum atomic E-state index is 12.3. The molecule has 1 rings (SSSR count). The molecule has 0 atom stereocenters. The Hall–Kier alpha value is -1.35. The van der Waals surface area contributed by atoms with E-state index in [-0.39, 0.29) is 19.1 Å². The number of amides is 1. The lowest BCUT2D eigenvalue weighted by molar-refractivity contribution is 0.0720. The summed E-state index contributed by atoms with van der Waals surface area (Å²) in [7, 11) is 0. The average Bonchev–Trinajstić information content (AvgIpc) is 2.89. The Balaban J connectivity index is 2.75. The van der Waals surface area contributed by atoms with Crippen LogP contribution >= 0.6 is 11.3 Å². The van der Waals surface area contributed by atoms with Crippen LogP contribution in [-0.4, -0.2) is 47.3 Å². The molecule has 2 N–H and O–H groups in total. The van der Waals surface area contributed by atoms with Crippen LogP contribution in [0.4, 0.5) is 0 Å². The minimum Gasteiger partial charge on any atom is -0.395 e. The van der Waals surface area contributed by atoms with Gasteiger partial charge in [0, 0.05) is 18.5 Å². The van der Waals surface area contributed by atoms with Crippen LogP contribution < -0.4 is 0 Å². The van der Waals surface area contributed by atoms with Gasteiger partial charge in [0.05, 0.1) is 17.0 Å². The zero-order valence-electron chi connectivity index (χ0n) is 11.1. The van der Waals surface area contributed by atoms with Gasteiger partial charge in [-0.25, -0.2) is 0 Å². The maximum absolute atomic E-state index is 12.3. The lowest BCUT2D eigenvalue weighted by atomic mass is 10.2. The first-order chi connectivity index (χ1) is 9.22. The summed E-state index contributed by atoms with van der Waals surface area (Å²) < 4.78 is 0. The molecule has 0 aliphatic heterocycles. The molecule has 0 saturated carbocycles. The second-order valence-electron chi connectivity index (χ2n) is 4.03. The Morgan fingerprint density at radius 2 is 2.21 bits per heavy atom. The fraction of sp³-hybridized carbons (Fsp3) is 0.500. The Bertz CT molecular complexity index is 459. The van der Waals surface area contributed by atoms with E-state index in [1.54, 1.807) is 16.3 Å². The summed E-state index contributed by atoms with van der Waals surface area (Å²) in [5, 5.41) is 19.4. The second kappa shape index (κ2) is 8.70. The van der Waals surface area contributed by atoms with Gasteiger partial charge in [-0.2, -0.15) is 0 Å². The minimum absolute atomic E-state index is 0.0310. The van der Waals surface area contributed by atoms with E-state index in [2.05, 4.69) is 18.8 Å². The summed E-state index contributed by atoms with van der Waals surface area (Å²) in [5.74, 6) is 5.27. The predicted octanol–water partition coefficient (Wildman–Crippen LogP) is 1.33. The smallest absolute Gasteiger partial charge is 0.254 e. The molecule has 1 heterocycles. The molecule has 0 unspecified atom stereocenters. The normalized spacial score (nSPS) is 9.84. The van der Waals surface area contributed by atoms with Crippen LogP contribution in [0.3, 0.4) is 0 Å². The van der Waals surface area contributed by atoms with E-state index >= 15 is 0 Å². The maximum Gasteiger partial charge on any atom is 0.254 e. The number of thiophene rings is 1. The van der Waals surface area contributed by atoms with E-state index in [4.69, 9.17) is 10.2 Å². The van der Waals surface area contributed by atoms with Crippen LogP contribution in [0.25, 0.3) is 0 Å². The van der Waals surface area contributed by atoms with E-state index in [0.29, 0.717) is 18.7 Å². The lowest BCUT2D eigenvalue weighted by Crippen LogP contribution is -2.34. The van der Waals surface area contributed by atoms with Crippen molar-refractivity contribution in [2.45, 2.75) is 19.8 Å². The molecule has 1 amide bonds. The molecule has 5 heteroatoms. The van der Waals surface area contributed by atoms with E-state index in [0.717, 1.165) is 17.7 Å². The number of carbonyl (C=O) groups is 1. The van der Waals surface area contributed by atoms with Crippen molar-refractivity contribution in [2.75, 3.05) is 26.3 Å². The van der Waals surface area contributed by atoms with Crippen molar-refractivity contribution in [1.29, 1.82) is 0 Å². The van der Waals surface area contributed by atoms with Crippen LogP contribution in [0, 0.1) is 11.8 Å².